The molecule has 1 N–H and O–H groups in total. The van der Waals surface area contributed by atoms with Gasteiger partial charge in [-0.1, -0.05) is 13.0 Å². The number of piperazine rings is 1. The van der Waals surface area contributed by atoms with Crippen LogP contribution in [0.3, 0.4) is 0 Å². The Morgan fingerprint density at radius 2 is 1.88 bits per heavy atom. The zero-order valence-corrected chi connectivity index (χ0v) is 15.7. The van der Waals surface area contributed by atoms with Crippen LogP contribution in [0.1, 0.15) is 27.2 Å². The van der Waals surface area contributed by atoms with E-state index in [-0.39, 0.29) is 11.9 Å². The van der Waals surface area contributed by atoms with E-state index >= 15 is 0 Å². The zero-order valence-electron chi connectivity index (χ0n) is 15.7. The van der Waals surface area contributed by atoms with Gasteiger partial charge in [0, 0.05) is 43.6 Å². The summed E-state index contributed by atoms with van der Waals surface area (Å²) in [6.45, 7) is 10.8. The maximum atomic E-state index is 12.4. The molecule has 5 nitrogen and oxygen atoms in total. The summed E-state index contributed by atoms with van der Waals surface area (Å²) in [6, 6.07) is 8.72. The van der Waals surface area contributed by atoms with Crippen molar-refractivity contribution in [2.24, 2.45) is 0 Å². The average Bonchev–Trinajstić information content (AvgIpc) is 2.55. The molecule has 5 heteroatoms. The Hall–Kier alpha value is -1.59. The Morgan fingerprint density at radius 3 is 2.42 bits per heavy atom. The van der Waals surface area contributed by atoms with Gasteiger partial charge in [-0.25, -0.2) is 0 Å². The lowest BCUT2D eigenvalue weighted by atomic mass is 10.1. The predicted octanol–water partition coefficient (Wildman–Crippen LogP) is 2.50. The van der Waals surface area contributed by atoms with Crippen LogP contribution in [0.2, 0.25) is 0 Å². The van der Waals surface area contributed by atoms with Gasteiger partial charge in [0.15, 0.2) is 0 Å². The highest BCUT2D eigenvalue weighted by molar-refractivity contribution is 5.95. The van der Waals surface area contributed by atoms with Crippen LogP contribution < -0.4 is 10.2 Å². The number of rotatable bonds is 6. The Kier molecular flexibility index (Phi) is 6.63. The average molecular weight is 332 g/mol. The van der Waals surface area contributed by atoms with E-state index in [9.17, 15) is 4.79 Å². The summed E-state index contributed by atoms with van der Waals surface area (Å²) in [5.74, 6) is 0.0595. The minimum Gasteiger partial charge on any atom is -0.369 e. The van der Waals surface area contributed by atoms with Crippen molar-refractivity contribution in [2.45, 2.75) is 39.3 Å². The van der Waals surface area contributed by atoms with Gasteiger partial charge >= 0.3 is 0 Å². The third-order valence-electron chi connectivity index (χ3n) is 4.84. The summed E-state index contributed by atoms with van der Waals surface area (Å²) in [7, 11) is 3.89. The first-order valence-electron chi connectivity index (χ1n) is 8.98. The van der Waals surface area contributed by atoms with E-state index in [1.807, 2.05) is 38.1 Å². The van der Waals surface area contributed by atoms with Gasteiger partial charge in [0.1, 0.15) is 0 Å². The molecular formula is C19H32N4O. The number of carbonyl (C=O) groups is 1. The van der Waals surface area contributed by atoms with Gasteiger partial charge in [-0.15, -0.1) is 0 Å². The van der Waals surface area contributed by atoms with Crippen LogP contribution in [0.25, 0.3) is 0 Å². The maximum Gasteiger partial charge on any atom is 0.241 e. The van der Waals surface area contributed by atoms with E-state index in [0.29, 0.717) is 6.04 Å². The molecule has 2 rings (SSSR count). The number of nitrogens with one attached hydrogen (secondary N) is 1. The normalized spacial score (nSPS) is 17.4. The lowest BCUT2D eigenvalue weighted by molar-refractivity contribution is -0.120. The van der Waals surface area contributed by atoms with Crippen molar-refractivity contribution >= 4 is 17.3 Å². The molecule has 0 aliphatic carbocycles. The van der Waals surface area contributed by atoms with Crippen LogP contribution in [0.15, 0.2) is 24.3 Å². The van der Waals surface area contributed by atoms with Crippen molar-refractivity contribution in [1.29, 1.82) is 0 Å². The molecule has 1 aromatic rings. The molecule has 0 radical (unpaired) electrons. The second-order valence-corrected chi connectivity index (χ2v) is 7.04. The van der Waals surface area contributed by atoms with Crippen LogP contribution in [-0.2, 0) is 4.79 Å². The molecule has 1 atom stereocenters. The van der Waals surface area contributed by atoms with Gasteiger partial charge in [0.05, 0.1) is 6.04 Å². The molecule has 0 aromatic heterocycles. The number of nitrogens with zero attached hydrogens (tertiary/aromatic N) is 3. The number of hydrogen-bond donors (Lipinski definition) is 1. The Morgan fingerprint density at radius 1 is 1.21 bits per heavy atom. The van der Waals surface area contributed by atoms with Crippen molar-refractivity contribution in [3.63, 3.8) is 0 Å². The maximum absolute atomic E-state index is 12.4. The van der Waals surface area contributed by atoms with Crippen molar-refractivity contribution in [2.75, 3.05) is 50.5 Å². The predicted molar refractivity (Wildman–Crippen MR) is 102 cm³/mol. The number of carbonyl (C=O) groups excluding carboxylic acids is 1. The molecule has 1 amide bonds. The molecule has 1 aliphatic rings. The standard InChI is InChI=1S/C19H32N4O/c1-6-18(21(4)5)19(24)20-16-8-7-9-17(14-16)23-12-10-22(11-13-23)15(2)3/h7-9,14-15,18H,6,10-13H2,1-5H3,(H,20,24)/t18-/m0/s1. The second-order valence-electron chi connectivity index (χ2n) is 7.04. The molecule has 0 spiro atoms. The number of likely N-dealkylation sites (N-methyl/N-ethyl adjacent to an activating group) is 1. The minimum absolute atomic E-state index is 0.0595. The summed E-state index contributed by atoms with van der Waals surface area (Å²) in [5, 5.41) is 3.06. The van der Waals surface area contributed by atoms with E-state index in [0.717, 1.165) is 38.3 Å². The summed E-state index contributed by atoms with van der Waals surface area (Å²) < 4.78 is 0. The smallest absolute Gasteiger partial charge is 0.241 e. The van der Waals surface area contributed by atoms with Gasteiger partial charge in [0.25, 0.3) is 0 Å². The van der Waals surface area contributed by atoms with E-state index < -0.39 is 0 Å². The Bertz CT molecular complexity index is 536. The quantitative estimate of drug-likeness (QED) is 0.869. The fourth-order valence-corrected chi connectivity index (χ4v) is 3.29. The minimum atomic E-state index is -0.0942. The third-order valence-corrected chi connectivity index (χ3v) is 4.84. The highest BCUT2D eigenvalue weighted by atomic mass is 16.2. The van der Waals surface area contributed by atoms with Gasteiger partial charge in [0.2, 0.25) is 5.91 Å². The summed E-state index contributed by atoms with van der Waals surface area (Å²) in [5.41, 5.74) is 2.07. The van der Waals surface area contributed by atoms with Crippen LogP contribution >= 0.6 is 0 Å². The SMILES string of the molecule is CC[C@@H](C(=O)Nc1cccc(N2CCN(C(C)C)CC2)c1)N(C)C. The monoisotopic (exact) mass is 332 g/mol. The van der Waals surface area contributed by atoms with Gasteiger partial charge in [-0.05, 0) is 52.6 Å². The fourth-order valence-electron chi connectivity index (χ4n) is 3.29. The topological polar surface area (TPSA) is 38.8 Å². The van der Waals surface area contributed by atoms with Crippen molar-refractivity contribution in [3.05, 3.63) is 24.3 Å². The zero-order chi connectivity index (χ0) is 17.7. The lowest BCUT2D eigenvalue weighted by Crippen LogP contribution is -2.48. The van der Waals surface area contributed by atoms with E-state index in [1.54, 1.807) is 0 Å². The molecule has 1 fully saturated rings. The molecule has 0 saturated carbocycles. The Labute approximate surface area is 146 Å². The summed E-state index contributed by atoms with van der Waals surface area (Å²) >= 11 is 0. The van der Waals surface area contributed by atoms with E-state index in [4.69, 9.17) is 0 Å². The highest BCUT2D eigenvalue weighted by Crippen LogP contribution is 2.22. The first-order valence-corrected chi connectivity index (χ1v) is 8.98. The van der Waals surface area contributed by atoms with Gasteiger partial charge < -0.3 is 10.2 Å². The number of amides is 1. The highest BCUT2D eigenvalue weighted by Gasteiger charge is 2.21. The molecule has 0 unspecified atom stereocenters. The van der Waals surface area contributed by atoms with Crippen molar-refractivity contribution < 1.29 is 4.79 Å². The molecule has 0 bridgehead atoms. The van der Waals surface area contributed by atoms with Gasteiger partial charge in [-0.2, -0.15) is 0 Å². The van der Waals surface area contributed by atoms with Crippen molar-refractivity contribution in [3.8, 4) is 0 Å². The molecule has 1 saturated heterocycles. The first-order chi connectivity index (χ1) is 11.4. The lowest BCUT2D eigenvalue weighted by Gasteiger charge is -2.38. The van der Waals surface area contributed by atoms with E-state index in [2.05, 4.69) is 41.1 Å². The number of hydrogen-bond acceptors (Lipinski definition) is 4. The number of anilines is 2. The molecular weight excluding hydrogens is 300 g/mol. The summed E-state index contributed by atoms with van der Waals surface area (Å²) in [4.78, 5) is 19.3. The van der Waals surface area contributed by atoms with Gasteiger partial charge in [-0.3, -0.25) is 14.6 Å². The second kappa shape index (κ2) is 8.49. The van der Waals surface area contributed by atoms with Crippen LogP contribution in [-0.4, -0.2) is 68.1 Å². The largest absolute Gasteiger partial charge is 0.369 e. The number of benzene rings is 1. The summed E-state index contributed by atoms with van der Waals surface area (Å²) in [6.07, 6.45) is 0.801. The molecule has 1 heterocycles. The van der Waals surface area contributed by atoms with Crippen LogP contribution in [0, 0.1) is 0 Å². The third kappa shape index (κ3) is 4.71. The van der Waals surface area contributed by atoms with Crippen LogP contribution in [0.4, 0.5) is 11.4 Å². The van der Waals surface area contributed by atoms with Crippen molar-refractivity contribution in [1.82, 2.24) is 9.80 Å². The Balaban J connectivity index is 2.00. The first kappa shape index (κ1) is 18.7. The molecule has 1 aliphatic heterocycles. The van der Waals surface area contributed by atoms with Crippen LogP contribution in [0.5, 0.6) is 0 Å². The molecule has 24 heavy (non-hydrogen) atoms. The fraction of sp³-hybridized carbons (Fsp3) is 0.632. The molecule has 134 valence electrons. The molecule has 1 aromatic carbocycles. The van der Waals surface area contributed by atoms with E-state index in [1.165, 1.54) is 5.69 Å².